The summed E-state index contributed by atoms with van der Waals surface area (Å²) in [6.45, 7) is 6.56. The van der Waals surface area contributed by atoms with Crippen LogP contribution in [0.2, 0.25) is 0 Å². The molecule has 1 N–H and O–H groups in total. The molecule has 1 saturated carbocycles. The topological polar surface area (TPSA) is 20.2 Å². The first-order chi connectivity index (χ1) is 5.61. The van der Waals surface area contributed by atoms with E-state index in [0.717, 1.165) is 11.8 Å². The summed E-state index contributed by atoms with van der Waals surface area (Å²) in [5.41, 5.74) is 0. The lowest BCUT2D eigenvalue weighted by molar-refractivity contribution is 0.0810. The average Bonchev–Trinajstić information content (AvgIpc) is 2.04. The maximum Gasteiger partial charge on any atom is 0.0540 e. The van der Waals surface area contributed by atoms with Crippen molar-refractivity contribution >= 4 is 0 Å². The third-order valence-electron chi connectivity index (χ3n) is 3.44. The molecule has 0 aromatic rings. The van der Waals surface area contributed by atoms with Crippen molar-refractivity contribution in [2.45, 2.75) is 52.6 Å². The number of aliphatic hydroxyl groups is 1. The normalized spacial score (nSPS) is 33.8. The summed E-state index contributed by atoms with van der Waals surface area (Å²) >= 11 is 0. The zero-order chi connectivity index (χ0) is 9.14. The largest absolute Gasteiger partial charge is 0.393 e. The summed E-state index contributed by atoms with van der Waals surface area (Å²) in [5.74, 6) is 2.33. The van der Waals surface area contributed by atoms with Gasteiger partial charge in [-0.05, 0) is 50.4 Å². The minimum atomic E-state index is -0.0851. The van der Waals surface area contributed by atoms with Gasteiger partial charge in [0.15, 0.2) is 0 Å². The maximum atomic E-state index is 9.40. The Morgan fingerprint density at radius 1 is 0.917 bits per heavy atom. The Labute approximate surface area is 76.2 Å². The molecule has 0 spiro atoms. The van der Waals surface area contributed by atoms with Crippen LogP contribution < -0.4 is 0 Å². The Hall–Kier alpha value is -0.0400. The fourth-order valence-corrected chi connectivity index (χ4v) is 2.29. The number of rotatable bonds is 2. The molecule has 0 aromatic heterocycles. The van der Waals surface area contributed by atoms with Crippen LogP contribution in [0, 0.1) is 17.8 Å². The molecule has 1 atom stereocenters. The highest BCUT2D eigenvalue weighted by Gasteiger charge is 2.25. The molecule has 0 bridgehead atoms. The molecule has 1 aliphatic carbocycles. The zero-order valence-electron chi connectivity index (χ0n) is 8.59. The third-order valence-corrected chi connectivity index (χ3v) is 3.44. The highest BCUT2D eigenvalue weighted by atomic mass is 16.3. The first kappa shape index (κ1) is 10.0. The molecule has 0 radical (unpaired) electrons. The van der Waals surface area contributed by atoms with E-state index in [4.69, 9.17) is 0 Å². The summed E-state index contributed by atoms with van der Waals surface area (Å²) in [6.07, 6.45) is 5.04. The fourth-order valence-electron chi connectivity index (χ4n) is 2.29. The Morgan fingerprint density at radius 2 is 1.33 bits per heavy atom. The molecule has 0 aliphatic heterocycles. The molecular weight excluding hydrogens is 148 g/mol. The predicted octanol–water partition coefficient (Wildman–Crippen LogP) is 2.83. The van der Waals surface area contributed by atoms with Crippen molar-refractivity contribution in [1.29, 1.82) is 0 Å². The predicted molar refractivity (Wildman–Crippen MR) is 52.0 cm³/mol. The highest BCUT2D eigenvalue weighted by molar-refractivity contribution is 4.76. The second kappa shape index (κ2) is 4.27. The molecular formula is C11H22O. The summed E-state index contributed by atoms with van der Waals surface area (Å²) < 4.78 is 0. The van der Waals surface area contributed by atoms with E-state index < -0.39 is 0 Å². The van der Waals surface area contributed by atoms with Gasteiger partial charge in [0.1, 0.15) is 0 Å². The van der Waals surface area contributed by atoms with Crippen molar-refractivity contribution < 1.29 is 5.11 Å². The van der Waals surface area contributed by atoms with Crippen LogP contribution in [0.25, 0.3) is 0 Å². The van der Waals surface area contributed by atoms with Gasteiger partial charge in [0.25, 0.3) is 0 Å². The van der Waals surface area contributed by atoms with Crippen molar-refractivity contribution in [3.05, 3.63) is 0 Å². The summed E-state index contributed by atoms with van der Waals surface area (Å²) in [4.78, 5) is 0. The number of hydrogen-bond acceptors (Lipinski definition) is 1. The first-order valence-corrected chi connectivity index (χ1v) is 5.29. The van der Waals surface area contributed by atoms with E-state index in [1.807, 2.05) is 6.92 Å². The molecule has 1 rings (SSSR count). The van der Waals surface area contributed by atoms with Crippen LogP contribution in [0.3, 0.4) is 0 Å². The minimum absolute atomic E-state index is 0.0851. The molecule has 72 valence electrons. The molecule has 0 aromatic carbocycles. The third kappa shape index (κ3) is 2.48. The van der Waals surface area contributed by atoms with Crippen LogP contribution in [-0.2, 0) is 0 Å². The quantitative estimate of drug-likeness (QED) is 0.675. The fraction of sp³-hybridized carbons (Fsp3) is 1.00. The Bertz CT molecular complexity index is 105. The van der Waals surface area contributed by atoms with Crippen molar-refractivity contribution in [2.75, 3.05) is 0 Å². The van der Waals surface area contributed by atoms with Crippen LogP contribution in [0.1, 0.15) is 46.5 Å². The van der Waals surface area contributed by atoms with E-state index in [1.165, 1.54) is 25.7 Å². The number of hydrogen-bond donors (Lipinski definition) is 1. The van der Waals surface area contributed by atoms with Crippen molar-refractivity contribution in [3.63, 3.8) is 0 Å². The first-order valence-electron chi connectivity index (χ1n) is 5.29. The van der Waals surface area contributed by atoms with E-state index in [0.29, 0.717) is 5.92 Å². The molecule has 0 heterocycles. The SMILES string of the molecule is CC(C)[C@H]1CC[C@H](C(C)O)CC1. The van der Waals surface area contributed by atoms with Gasteiger partial charge in [-0.1, -0.05) is 13.8 Å². The monoisotopic (exact) mass is 170 g/mol. The second-order valence-corrected chi connectivity index (χ2v) is 4.66. The lowest BCUT2D eigenvalue weighted by Crippen LogP contribution is -2.25. The van der Waals surface area contributed by atoms with Crippen LogP contribution in [0.15, 0.2) is 0 Å². The average molecular weight is 170 g/mol. The van der Waals surface area contributed by atoms with Gasteiger partial charge < -0.3 is 5.11 Å². The van der Waals surface area contributed by atoms with Crippen LogP contribution in [-0.4, -0.2) is 11.2 Å². The van der Waals surface area contributed by atoms with Crippen molar-refractivity contribution in [2.24, 2.45) is 17.8 Å². The minimum Gasteiger partial charge on any atom is -0.393 e. The van der Waals surface area contributed by atoms with E-state index in [9.17, 15) is 5.11 Å². The summed E-state index contributed by atoms with van der Waals surface area (Å²) in [5, 5.41) is 9.40. The van der Waals surface area contributed by atoms with Gasteiger partial charge in [0, 0.05) is 0 Å². The molecule has 0 amide bonds. The van der Waals surface area contributed by atoms with E-state index in [-0.39, 0.29) is 6.10 Å². The molecule has 0 saturated heterocycles. The van der Waals surface area contributed by atoms with Crippen LogP contribution >= 0.6 is 0 Å². The Kier molecular flexibility index (Phi) is 3.57. The van der Waals surface area contributed by atoms with Gasteiger partial charge in [0.05, 0.1) is 6.10 Å². The van der Waals surface area contributed by atoms with Gasteiger partial charge in [-0.15, -0.1) is 0 Å². The van der Waals surface area contributed by atoms with E-state index in [2.05, 4.69) is 13.8 Å². The van der Waals surface area contributed by atoms with Gasteiger partial charge in [-0.3, -0.25) is 0 Å². The molecule has 1 nitrogen and oxygen atoms in total. The van der Waals surface area contributed by atoms with Crippen molar-refractivity contribution in [3.8, 4) is 0 Å². The van der Waals surface area contributed by atoms with Gasteiger partial charge in [-0.25, -0.2) is 0 Å². The van der Waals surface area contributed by atoms with Gasteiger partial charge >= 0.3 is 0 Å². The van der Waals surface area contributed by atoms with Crippen LogP contribution in [0.4, 0.5) is 0 Å². The number of aliphatic hydroxyl groups excluding tert-OH is 1. The molecule has 1 unspecified atom stereocenters. The second-order valence-electron chi connectivity index (χ2n) is 4.66. The highest BCUT2D eigenvalue weighted by Crippen LogP contribution is 2.34. The van der Waals surface area contributed by atoms with E-state index >= 15 is 0 Å². The zero-order valence-corrected chi connectivity index (χ0v) is 8.59. The Morgan fingerprint density at radius 3 is 1.67 bits per heavy atom. The van der Waals surface area contributed by atoms with Crippen LogP contribution in [0.5, 0.6) is 0 Å². The lowest BCUT2D eigenvalue weighted by Gasteiger charge is -2.32. The Balaban J connectivity index is 2.30. The standard InChI is InChI=1S/C11H22O/c1-8(2)10-4-6-11(7-5-10)9(3)12/h8-12H,4-7H2,1-3H3/t9?,10-,11-. The smallest absolute Gasteiger partial charge is 0.0540 e. The van der Waals surface area contributed by atoms with Gasteiger partial charge in [0.2, 0.25) is 0 Å². The maximum absolute atomic E-state index is 9.40. The molecule has 1 aliphatic rings. The van der Waals surface area contributed by atoms with Gasteiger partial charge in [-0.2, -0.15) is 0 Å². The molecule has 1 heteroatoms. The molecule has 1 fully saturated rings. The van der Waals surface area contributed by atoms with Crippen molar-refractivity contribution in [1.82, 2.24) is 0 Å². The lowest BCUT2D eigenvalue weighted by atomic mass is 9.75. The van der Waals surface area contributed by atoms with E-state index in [1.54, 1.807) is 0 Å². The molecule has 12 heavy (non-hydrogen) atoms. The summed E-state index contributed by atoms with van der Waals surface area (Å²) in [7, 11) is 0. The summed E-state index contributed by atoms with van der Waals surface area (Å²) in [6, 6.07) is 0.